The van der Waals surface area contributed by atoms with Crippen LogP contribution in [0.3, 0.4) is 0 Å². The van der Waals surface area contributed by atoms with Crippen molar-refractivity contribution in [3.63, 3.8) is 0 Å². The molecule has 0 saturated heterocycles. The van der Waals surface area contributed by atoms with E-state index in [2.05, 4.69) is 26.1 Å². The van der Waals surface area contributed by atoms with Crippen LogP contribution in [0, 0.1) is 16.7 Å². The van der Waals surface area contributed by atoms with Gasteiger partial charge in [0, 0.05) is 18.1 Å². The summed E-state index contributed by atoms with van der Waals surface area (Å²) in [6.45, 7) is 9.45. The van der Waals surface area contributed by atoms with E-state index in [-0.39, 0.29) is 11.0 Å². The summed E-state index contributed by atoms with van der Waals surface area (Å²) in [5.41, 5.74) is 18.9. The summed E-state index contributed by atoms with van der Waals surface area (Å²) in [4.78, 5) is 0. The molecule has 2 unspecified atom stereocenters. The van der Waals surface area contributed by atoms with Crippen LogP contribution >= 0.6 is 0 Å². The minimum absolute atomic E-state index is 0.124. The molecule has 2 fully saturated rings. The van der Waals surface area contributed by atoms with Crippen LogP contribution in [0.4, 0.5) is 0 Å². The van der Waals surface area contributed by atoms with Gasteiger partial charge in [0.15, 0.2) is 0 Å². The van der Waals surface area contributed by atoms with Gasteiger partial charge in [0.05, 0.1) is 0 Å². The lowest BCUT2D eigenvalue weighted by Crippen LogP contribution is -2.60. The van der Waals surface area contributed by atoms with Crippen molar-refractivity contribution >= 4 is 0 Å². The maximum absolute atomic E-state index is 6.19. The predicted molar refractivity (Wildman–Crippen MR) is 94.5 cm³/mol. The summed E-state index contributed by atoms with van der Waals surface area (Å²) in [6, 6.07) is 0.537. The third kappa shape index (κ3) is 4.22. The Balaban J connectivity index is 2.04. The van der Waals surface area contributed by atoms with Crippen molar-refractivity contribution in [2.45, 2.75) is 77.3 Å². The molecule has 2 aliphatic carbocycles. The van der Waals surface area contributed by atoms with E-state index in [1.807, 2.05) is 0 Å². The Kier molecular flexibility index (Phi) is 5.59. The first-order valence-electron chi connectivity index (χ1n) is 9.13. The SMILES string of the molecule is CC1(C)CC(NC2(CN)CCC(CN)CC2)CC(C)(CN)C1. The molecule has 0 aromatic rings. The molecule has 0 bridgehead atoms. The summed E-state index contributed by atoms with van der Waals surface area (Å²) < 4.78 is 0. The van der Waals surface area contributed by atoms with Gasteiger partial charge in [-0.3, -0.25) is 0 Å². The smallest absolute Gasteiger partial charge is 0.0306 e. The van der Waals surface area contributed by atoms with Crippen molar-refractivity contribution in [2.75, 3.05) is 19.6 Å². The lowest BCUT2D eigenvalue weighted by molar-refractivity contribution is 0.0537. The maximum atomic E-state index is 6.19. The molecule has 0 amide bonds. The van der Waals surface area contributed by atoms with Crippen LogP contribution in [0.15, 0.2) is 0 Å². The fourth-order valence-electron chi connectivity index (χ4n) is 5.20. The Morgan fingerprint density at radius 1 is 0.955 bits per heavy atom. The zero-order valence-corrected chi connectivity index (χ0v) is 15.0. The van der Waals surface area contributed by atoms with Gasteiger partial charge in [-0.25, -0.2) is 0 Å². The van der Waals surface area contributed by atoms with Crippen LogP contribution in [0.25, 0.3) is 0 Å². The Bertz CT molecular complexity index is 360. The maximum Gasteiger partial charge on any atom is 0.0306 e. The first-order valence-corrected chi connectivity index (χ1v) is 9.13. The second kappa shape index (κ2) is 6.76. The summed E-state index contributed by atoms with van der Waals surface area (Å²) in [5.74, 6) is 0.693. The highest BCUT2D eigenvalue weighted by Gasteiger charge is 2.43. The van der Waals surface area contributed by atoms with E-state index in [4.69, 9.17) is 17.2 Å². The molecule has 0 aromatic heterocycles. The Morgan fingerprint density at radius 3 is 2.09 bits per heavy atom. The van der Waals surface area contributed by atoms with E-state index in [1.54, 1.807) is 0 Å². The van der Waals surface area contributed by atoms with E-state index >= 15 is 0 Å². The first-order chi connectivity index (χ1) is 10.3. The van der Waals surface area contributed by atoms with E-state index < -0.39 is 0 Å². The minimum atomic E-state index is 0.124. The summed E-state index contributed by atoms with van der Waals surface area (Å²) >= 11 is 0. The molecular formula is C18H38N4. The lowest BCUT2D eigenvalue weighted by Gasteiger charge is -2.50. The minimum Gasteiger partial charge on any atom is -0.330 e. The highest BCUT2D eigenvalue weighted by Crippen LogP contribution is 2.46. The van der Waals surface area contributed by atoms with E-state index in [0.29, 0.717) is 17.4 Å². The van der Waals surface area contributed by atoms with Crippen LogP contribution in [-0.4, -0.2) is 31.2 Å². The van der Waals surface area contributed by atoms with Crippen molar-refractivity contribution in [1.82, 2.24) is 5.32 Å². The zero-order valence-electron chi connectivity index (χ0n) is 15.0. The number of hydrogen-bond acceptors (Lipinski definition) is 4. The predicted octanol–water partition coefficient (Wildman–Crippen LogP) is 1.97. The number of rotatable bonds is 5. The lowest BCUT2D eigenvalue weighted by atomic mass is 9.62. The van der Waals surface area contributed by atoms with Crippen molar-refractivity contribution in [2.24, 2.45) is 33.9 Å². The Labute approximate surface area is 137 Å². The number of hydrogen-bond donors (Lipinski definition) is 4. The second-order valence-corrected chi connectivity index (χ2v) is 9.27. The van der Waals surface area contributed by atoms with Gasteiger partial charge in [0.1, 0.15) is 0 Å². The molecule has 2 aliphatic rings. The third-order valence-electron chi connectivity index (χ3n) is 6.23. The molecule has 22 heavy (non-hydrogen) atoms. The van der Waals surface area contributed by atoms with Gasteiger partial charge in [-0.05, 0) is 74.8 Å². The quantitative estimate of drug-likeness (QED) is 0.625. The Hall–Kier alpha value is -0.160. The van der Waals surface area contributed by atoms with Crippen LogP contribution in [0.5, 0.6) is 0 Å². The second-order valence-electron chi connectivity index (χ2n) is 9.27. The molecule has 2 saturated carbocycles. The molecule has 2 atom stereocenters. The number of nitrogens with one attached hydrogen (secondary N) is 1. The average Bonchev–Trinajstić information content (AvgIpc) is 2.46. The summed E-state index contributed by atoms with van der Waals surface area (Å²) in [7, 11) is 0. The van der Waals surface area contributed by atoms with Crippen LogP contribution in [0.2, 0.25) is 0 Å². The summed E-state index contributed by atoms with van der Waals surface area (Å²) in [6.07, 6.45) is 8.39. The van der Waals surface area contributed by atoms with Crippen molar-refractivity contribution in [3.05, 3.63) is 0 Å². The van der Waals surface area contributed by atoms with Gasteiger partial charge in [0.25, 0.3) is 0 Å². The molecular weight excluding hydrogens is 272 g/mol. The normalized spacial score (nSPS) is 42.3. The molecule has 4 heteroatoms. The van der Waals surface area contributed by atoms with Crippen LogP contribution in [-0.2, 0) is 0 Å². The molecule has 130 valence electrons. The molecule has 0 heterocycles. The zero-order chi connectivity index (χ0) is 16.4. The molecule has 4 nitrogen and oxygen atoms in total. The van der Waals surface area contributed by atoms with Gasteiger partial charge in [-0.1, -0.05) is 20.8 Å². The van der Waals surface area contributed by atoms with Gasteiger partial charge >= 0.3 is 0 Å². The number of nitrogens with two attached hydrogens (primary N) is 3. The largest absolute Gasteiger partial charge is 0.330 e. The first kappa shape index (κ1) is 18.2. The van der Waals surface area contributed by atoms with E-state index in [1.165, 1.54) is 44.9 Å². The van der Waals surface area contributed by atoms with Gasteiger partial charge in [0.2, 0.25) is 0 Å². The van der Waals surface area contributed by atoms with Crippen LogP contribution < -0.4 is 22.5 Å². The molecule has 2 rings (SSSR count). The molecule has 0 radical (unpaired) electrons. The van der Waals surface area contributed by atoms with Gasteiger partial charge in [-0.2, -0.15) is 0 Å². The monoisotopic (exact) mass is 310 g/mol. The van der Waals surface area contributed by atoms with Gasteiger partial charge in [-0.15, -0.1) is 0 Å². The van der Waals surface area contributed by atoms with Crippen LogP contribution in [0.1, 0.15) is 65.7 Å². The Morgan fingerprint density at radius 2 is 1.59 bits per heavy atom. The highest BCUT2D eigenvalue weighted by molar-refractivity contribution is 5.01. The van der Waals surface area contributed by atoms with E-state index in [0.717, 1.165) is 19.6 Å². The fourth-order valence-corrected chi connectivity index (χ4v) is 5.20. The standard InChI is InChI=1S/C18H38N4/c1-16(2)8-15(9-17(3,11-16)12-20)22-18(13-21)6-4-14(10-19)5-7-18/h14-15,22H,4-13,19-21H2,1-3H3. The van der Waals surface area contributed by atoms with Crippen molar-refractivity contribution in [1.29, 1.82) is 0 Å². The fraction of sp³-hybridized carbons (Fsp3) is 1.00. The van der Waals surface area contributed by atoms with Crippen molar-refractivity contribution < 1.29 is 0 Å². The average molecular weight is 311 g/mol. The topological polar surface area (TPSA) is 90.1 Å². The van der Waals surface area contributed by atoms with Gasteiger partial charge < -0.3 is 22.5 Å². The molecule has 7 N–H and O–H groups in total. The molecule has 0 aliphatic heterocycles. The van der Waals surface area contributed by atoms with E-state index in [9.17, 15) is 0 Å². The molecule has 0 aromatic carbocycles. The highest BCUT2D eigenvalue weighted by atomic mass is 15.0. The summed E-state index contributed by atoms with van der Waals surface area (Å²) in [5, 5.41) is 3.99. The van der Waals surface area contributed by atoms with Crippen molar-refractivity contribution in [3.8, 4) is 0 Å². The third-order valence-corrected chi connectivity index (χ3v) is 6.23. The molecule has 0 spiro atoms.